The number of aromatic nitrogens is 5. The molecule has 1 saturated carbocycles. The van der Waals surface area contributed by atoms with Gasteiger partial charge in [-0.15, -0.1) is 5.10 Å². The van der Waals surface area contributed by atoms with Gasteiger partial charge in [0, 0.05) is 49.5 Å². The van der Waals surface area contributed by atoms with Crippen LogP contribution in [0.25, 0.3) is 5.65 Å². The number of halogens is 1. The molecule has 1 aliphatic carbocycles. The molecule has 11 heteroatoms. The second-order valence-corrected chi connectivity index (χ2v) is 13.3. The summed E-state index contributed by atoms with van der Waals surface area (Å²) in [5.74, 6) is 1.54. The third-order valence-electron chi connectivity index (χ3n) is 7.47. The summed E-state index contributed by atoms with van der Waals surface area (Å²) in [5.41, 5.74) is 1.25. The number of fused-ring (bicyclic) bond motifs is 1. The number of nitrogens with two attached hydrogens (primary N) is 1. The van der Waals surface area contributed by atoms with Gasteiger partial charge >= 0.3 is 0 Å². The van der Waals surface area contributed by atoms with Gasteiger partial charge in [-0.1, -0.05) is 23.4 Å². The van der Waals surface area contributed by atoms with Gasteiger partial charge in [0.1, 0.15) is 4.75 Å². The molecule has 1 spiro atoms. The lowest BCUT2D eigenvalue weighted by Crippen LogP contribution is -2.41. The third-order valence-corrected chi connectivity index (χ3v) is 10.2. The highest BCUT2D eigenvalue weighted by Crippen LogP contribution is 2.51. The number of rotatable bonds is 6. The van der Waals surface area contributed by atoms with Crippen molar-refractivity contribution in [3.05, 3.63) is 36.0 Å². The number of hydrogen-bond acceptors (Lipinski definition) is 8. The normalized spacial score (nSPS) is 21.4. The van der Waals surface area contributed by atoms with Crippen molar-refractivity contribution in [3.63, 3.8) is 0 Å². The highest BCUT2D eigenvalue weighted by Gasteiger charge is 2.44. The predicted octanol–water partition coefficient (Wildman–Crippen LogP) is 4.50. The Morgan fingerprint density at radius 3 is 2.76 bits per heavy atom. The van der Waals surface area contributed by atoms with Crippen LogP contribution >= 0.6 is 23.4 Å². The third kappa shape index (κ3) is 4.75. The first-order valence-electron chi connectivity index (χ1n) is 11.6. The average Bonchev–Trinajstić information content (AvgIpc) is 3.44. The van der Waals surface area contributed by atoms with Crippen molar-refractivity contribution in [2.45, 2.75) is 66.9 Å². The molecule has 4 heterocycles. The molecular formula is C23H30ClN7OS2. The molecule has 1 saturated heterocycles. The molecule has 2 unspecified atom stereocenters. The molecular weight excluding hydrogens is 490 g/mol. The highest BCUT2D eigenvalue weighted by molar-refractivity contribution is 7.99. The monoisotopic (exact) mass is 519 g/mol. The van der Waals surface area contributed by atoms with Crippen molar-refractivity contribution in [1.82, 2.24) is 24.6 Å². The molecule has 2 N–H and O–H groups in total. The number of anilines is 1. The number of imidazole rings is 1. The molecule has 2 atom stereocenters. The van der Waals surface area contributed by atoms with Gasteiger partial charge < -0.3 is 9.45 Å². The minimum absolute atomic E-state index is 0.315. The van der Waals surface area contributed by atoms with E-state index < -0.39 is 11.4 Å². The smallest absolute Gasteiger partial charge is 0.211 e. The van der Waals surface area contributed by atoms with Gasteiger partial charge in [-0.2, -0.15) is 10.2 Å². The van der Waals surface area contributed by atoms with Crippen molar-refractivity contribution >= 4 is 46.3 Å². The maximum atomic E-state index is 11.9. The first-order chi connectivity index (χ1) is 16.3. The van der Waals surface area contributed by atoms with E-state index in [0.29, 0.717) is 16.5 Å². The van der Waals surface area contributed by atoms with Gasteiger partial charge in [0.2, 0.25) is 5.95 Å². The highest BCUT2D eigenvalue weighted by atomic mass is 35.5. The Morgan fingerprint density at radius 1 is 1.24 bits per heavy atom. The van der Waals surface area contributed by atoms with Crippen LogP contribution in [0.2, 0.25) is 5.15 Å². The molecule has 0 radical (unpaired) electrons. The number of piperidine rings is 1. The van der Waals surface area contributed by atoms with E-state index in [0.717, 1.165) is 53.7 Å². The fourth-order valence-electron chi connectivity index (χ4n) is 5.60. The summed E-state index contributed by atoms with van der Waals surface area (Å²) in [4.78, 5) is 13.5. The molecule has 182 valence electrons. The van der Waals surface area contributed by atoms with Crippen LogP contribution in [0.5, 0.6) is 0 Å². The van der Waals surface area contributed by atoms with Crippen LogP contribution in [0, 0.1) is 11.3 Å². The van der Waals surface area contributed by atoms with Gasteiger partial charge in [-0.05, 0) is 63.4 Å². The van der Waals surface area contributed by atoms with Crippen LogP contribution in [0.15, 0.2) is 40.6 Å². The van der Waals surface area contributed by atoms with Crippen LogP contribution in [0.3, 0.4) is 0 Å². The van der Waals surface area contributed by atoms with Crippen LogP contribution in [0.1, 0.15) is 52.4 Å². The topological polar surface area (TPSA) is 108 Å². The standard InChI is InChI=1S/C23H30ClN7OS2/c1-22(2,34(25)32)13-16-3-5-23(14-16)6-10-30(11-7-23)21-27-15-18(20-26-9-12-31(20)21)33-17-4-8-28-29-19(17)24/h4,8-9,12,15-16H,3,5-7,10-11,13-14,25H2,1-2H3. The molecule has 1 aliphatic heterocycles. The van der Waals surface area contributed by atoms with E-state index in [-0.39, 0.29) is 4.75 Å². The molecule has 5 rings (SSSR count). The number of nitrogens with zero attached hydrogens (tertiary/aromatic N) is 6. The molecule has 3 aromatic rings. The molecule has 2 aliphatic rings. The largest absolute Gasteiger partial charge is 0.598 e. The maximum absolute atomic E-state index is 11.9. The first-order valence-corrected chi connectivity index (χ1v) is 14.1. The summed E-state index contributed by atoms with van der Waals surface area (Å²) in [6.07, 6.45) is 14.2. The Balaban J connectivity index is 1.28. The van der Waals surface area contributed by atoms with Crippen molar-refractivity contribution in [1.29, 1.82) is 0 Å². The zero-order valence-electron chi connectivity index (χ0n) is 19.5. The van der Waals surface area contributed by atoms with Crippen LogP contribution in [-0.2, 0) is 11.4 Å². The fraction of sp³-hybridized carbons (Fsp3) is 0.565. The van der Waals surface area contributed by atoms with E-state index in [9.17, 15) is 4.55 Å². The van der Waals surface area contributed by atoms with Crippen LogP contribution in [-0.4, -0.2) is 47.0 Å². The summed E-state index contributed by atoms with van der Waals surface area (Å²) in [6.45, 7) is 6.01. The summed E-state index contributed by atoms with van der Waals surface area (Å²) in [7, 11) is 0. The van der Waals surface area contributed by atoms with Gasteiger partial charge in [0.25, 0.3) is 0 Å². The SMILES string of the molecule is CC(C)(CC1CCC2(CCN(c3ncc(Sc4ccnnc4Cl)c4nccn34)CC2)C1)[S+](N)[O-]. The van der Waals surface area contributed by atoms with Crippen LogP contribution < -0.4 is 10.0 Å². The summed E-state index contributed by atoms with van der Waals surface area (Å²) < 4.78 is 13.7. The zero-order chi connectivity index (χ0) is 23.9. The van der Waals surface area contributed by atoms with E-state index >= 15 is 0 Å². The summed E-state index contributed by atoms with van der Waals surface area (Å²) >= 11 is 6.41. The fourth-order valence-corrected chi connectivity index (χ4v) is 7.06. The summed E-state index contributed by atoms with van der Waals surface area (Å²) in [5, 5.41) is 13.8. The molecule has 34 heavy (non-hydrogen) atoms. The van der Waals surface area contributed by atoms with Crippen LogP contribution in [0.4, 0.5) is 5.95 Å². The molecule has 2 fully saturated rings. The lowest BCUT2D eigenvalue weighted by atomic mass is 9.76. The molecule has 8 nitrogen and oxygen atoms in total. The second-order valence-electron chi connectivity index (χ2n) is 10.2. The van der Waals surface area contributed by atoms with Gasteiger partial charge in [-0.25, -0.2) is 9.97 Å². The Labute approximate surface area is 212 Å². The van der Waals surface area contributed by atoms with E-state index in [2.05, 4.69) is 24.5 Å². The van der Waals surface area contributed by atoms with Crippen molar-refractivity contribution in [3.8, 4) is 0 Å². The Morgan fingerprint density at radius 2 is 2.03 bits per heavy atom. The first kappa shape index (κ1) is 24.1. The Kier molecular flexibility index (Phi) is 6.71. The number of hydrogen-bond donors (Lipinski definition) is 1. The quantitative estimate of drug-likeness (QED) is 0.474. The Hall–Kier alpha value is -1.59. The van der Waals surface area contributed by atoms with Crippen molar-refractivity contribution < 1.29 is 4.55 Å². The lowest BCUT2D eigenvalue weighted by molar-refractivity contribution is 0.212. The van der Waals surface area contributed by atoms with Crippen molar-refractivity contribution in [2.24, 2.45) is 16.5 Å². The molecule has 0 amide bonds. The average molecular weight is 520 g/mol. The molecule has 3 aromatic heterocycles. The Bertz CT molecular complexity index is 1160. The molecule has 0 aromatic carbocycles. The maximum Gasteiger partial charge on any atom is 0.211 e. The van der Waals surface area contributed by atoms with E-state index in [4.69, 9.17) is 21.7 Å². The van der Waals surface area contributed by atoms with E-state index in [1.165, 1.54) is 31.0 Å². The predicted molar refractivity (Wildman–Crippen MR) is 136 cm³/mol. The van der Waals surface area contributed by atoms with Crippen molar-refractivity contribution in [2.75, 3.05) is 18.0 Å². The minimum atomic E-state index is -1.29. The van der Waals surface area contributed by atoms with Gasteiger partial charge in [-0.3, -0.25) is 4.40 Å². The zero-order valence-corrected chi connectivity index (χ0v) is 21.9. The second kappa shape index (κ2) is 9.46. The van der Waals surface area contributed by atoms with Gasteiger partial charge in [0.05, 0.1) is 16.0 Å². The van der Waals surface area contributed by atoms with E-state index in [1.54, 1.807) is 6.20 Å². The van der Waals surface area contributed by atoms with E-state index in [1.807, 2.05) is 38.5 Å². The lowest BCUT2D eigenvalue weighted by Gasteiger charge is -2.40. The minimum Gasteiger partial charge on any atom is -0.598 e. The van der Waals surface area contributed by atoms with Gasteiger partial charge in [0.15, 0.2) is 10.8 Å². The summed E-state index contributed by atoms with van der Waals surface area (Å²) in [6, 6.07) is 1.85. The molecule has 0 bridgehead atoms.